The lowest BCUT2D eigenvalue weighted by molar-refractivity contribution is 0.199. The summed E-state index contributed by atoms with van der Waals surface area (Å²) >= 11 is 0. The van der Waals surface area contributed by atoms with E-state index in [9.17, 15) is 0 Å². The monoisotopic (exact) mass is 306 g/mol. The van der Waals surface area contributed by atoms with Gasteiger partial charge in [-0.25, -0.2) is 0 Å². The van der Waals surface area contributed by atoms with E-state index in [0.717, 1.165) is 24.6 Å². The molecule has 1 atom stereocenters. The first-order chi connectivity index (χ1) is 10.7. The van der Waals surface area contributed by atoms with Gasteiger partial charge in [-0.1, -0.05) is 6.07 Å². The molecule has 4 heteroatoms. The van der Waals surface area contributed by atoms with Gasteiger partial charge in [0.1, 0.15) is 0 Å². The molecule has 0 amide bonds. The minimum atomic E-state index is 0.406. The third-order valence-corrected chi connectivity index (χ3v) is 4.58. The quantitative estimate of drug-likeness (QED) is 0.841. The number of ether oxygens (including phenoxy) is 2. The minimum Gasteiger partial charge on any atom is -0.490 e. The Morgan fingerprint density at radius 3 is 2.36 bits per heavy atom. The molecule has 0 radical (unpaired) electrons. The fourth-order valence-corrected chi connectivity index (χ4v) is 3.33. The van der Waals surface area contributed by atoms with Crippen LogP contribution in [-0.4, -0.2) is 44.8 Å². The maximum Gasteiger partial charge on any atom is 0.161 e. The Bertz CT molecular complexity index is 456. The molecule has 2 rings (SSSR count). The van der Waals surface area contributed by atoms with Crippen LogP contribution in [0.25, 0.3) is 0 Å². The van der Waals surface area contributed by atoms with Crippen LogP contribution in [0, 0.1) is 5.92 Å². The van der Waals surface area contributed by atoms with E-state index in [-0.39, 0.29) is 0 Å². The van der Waals surface area contributed by atoms with Crippen LogP contribution in [0.1, 0.15) is 38.2 Å². The van der Waals surface area contributed by atoms with Crippen LogP contribution in [0.15, 0.2) is 18.2 Å². The molecule has 1 aromatic carbocycles. The number of benzene rings is 1. The lowest BCUT2D eigenvalue weighted by Gasteiger charge is -2.34. The van der Waals surface area contributed by atoms with Crippen molar-refractivity contribution in [1.82, 2.24) is 4.90 Å². The minimum absolute atomic E-state index is 0.406. The Balaban J connectivity index is 2.19. The third kappa shape index (κ3) is 4.14. The van der Waals surface area contributed by atoms with Gasteiger partial charge in [0.2, 0.25) is 0 Å². The first-order valence-electron chi connectivity index (χ1n) is 8.47. The average Bonchev–Trinajstić information content (AvgIpc) is 2.53. The number of likely N-dealkylation sites (tertiary alicyclic amines) is 1. The lowest BCUT2D eigenvalue weighted by Crippen LogP contribution is -2.34. The predicted octanol–water partition coefficient (Wildman–Crippen LogP) is 2.87. The number of nitrogens with zero attached hydrogens (tertiary/aromatic N) is 1. The van der Waals surface area contributed by atoms with E-state index < -0.39 is 0 Å². The summed E-state index contributed by atoms with van der Waals surface area (Å²) < 4.78 is 11.4. The maximum absolute atomic E-state index is 6.11. The molecule has 0 spiro atoms. The van der Waals surface area contributed by atoms with Crippen LogP contribution in [0.5, 0.6) is 11.5 Å². The van der Waals surface area contributed by atoms with Crippen molar-refractivity contribution < 1.29 is 9.47 Å². The highest BCUT2D eigenvalue weighted by atomic mass is 16.5. The van der Waals surface area contributed by atoms with E-state index in [1.54, 1.807) is 0 Å². The van der Waals surface area contributed by atoms with Crippen molar-refractivity contribution in [3.63, 3.8) is 0 Å². The van der Waals surface area contributed by atoms with Crippen LogP contribution in [0.3, 0.4) is 0 Å². The molecule has 0 saturated carbocycles. The molecule has 1 aromatic rings. The van der Waals surface area contributed by atoms with E-state index in [0.29, 0.717) is 31.6 Å². The second kappa shape index (κ2) is 8.39. The second-order valence-corrected chi connectivity index (χ2v) is 6.06. The molecule has 124 valence electrons. The standard InChI is InChI=1S/C18H30N2O2/c1-4-21-17-7-6-15(12-18(17)22-5-2)16(13-19)14-8-10-20(3)11-9-14/h6-7,12,14,16H,4-5,8-11,13,19H2,1-3H3. The molecule has 2 N–H and O–H groups in total. The van der Waals surface area contributed by atoms with Crippen LogP contribution in [0.4, 0.5) is 0 Å². The summed E-state index contributed by atoms with van der Waals surface area (Å²) in [5.74, 6) is 2.73. The van der Waals surface area contributed by atoms with Gasteiger partial charge < -0.3 is 20.1 Å². The molecular formula is C18H30N2O2. The van der Waals surface area contributed by atoms with Crippen molar-refractivity contribution in [3.8, 4) is 11.5 Å². The molecule has 1 heterocycles. The van der Waals surface area contributed by atoms with Gasteiger partial charge in [-0.05, 0) is 82.9 Å². The van der Waals surface area contributed by atoms with Gasteiger partial charge in [0.25, 0.3) is 0 Å². The van der Waals surface area contributed by atoms with Crippen molar-refractivity contribution in [3.05, 3.63) is 23.8 Å². The number of hydrogen-bond donors (Lipinski definition) is 1. The van der Waals surface area contributed by atoms with Crippen LogP contribution < -0.4 is 15.2 Å². The Morgan fingerprint density at radius 2 is 1.77 bits per heavy atom. The Kier molecular flexibility index (Phi) is 6.52. The van der Waals surface area contributed by atoms with Crippen molar-refractivity contribution >= 4 is 0 Å². The highest BCUT2D eigenvalue weighted by molar-refractivity contribution is 5.44. The topological polar surface area (TPSA) is 47.7 Å². The fourth-order valence-electron chi connectivity index (χ4n) is 3.33. The first-order valence-corrected chi connectivity index (χ1v) is 8.47. The summed E-state index contributed by atoms with van der Waals surface area (Å²) in [5, 5.41) is 0. The highest BCUT2D eigenvalue weighted by Gasteiger charge is 2.26. The predicted molar refractivity (Wildman–Crippen MR) is 90.8 cm³/mol. The summed E-state index contributed by atoms with van der Waals surface area (Å²) in [6, 6.07) is 6.31. The van der Waals surface area contributed by atoms with Gasteiger partial charge in [0.15, 0.2) is 11.5 Å². The number of hydrogen-bond acceptors (Lipinski definition) is 4. The molecule has 22 heavy (non-hydrogen) atoms. The molecule has 1 unspecified atom stereocenters. The van der Waals surface area contributed by atoms with Gasteiger partial charge in [-0.3, -0.25) is 0 Å². The number of nitrogens with two attached hydrogens (primary N) is 1. The largest absolute Gasteiger partial charge is 0.490 e. The maximum atomic E-state index is 6.11. The molecule has 4 nitrogen and oxygen atoms in total. The van der Waals surface area contributed by atoms with Gasteiger partial charge in [-0.15, -0.1) is 0 Å². The molecule has 0 bridgehead atoms. The van der Waals surface area contributed by atoms with E-state index in [4.69, 9.17) is 15.2 Å². The molecule has 0 aromatic heterocycles. The molecule has 1 aliphatic rings. The smallest absolute Gasteiger partial charge is 0.161 e. The SMILES string of the molecule is CCOc1ccc(C(CN)C2CCN(C)CC2)cc1OCC. The van der Waals surface area contributed by atoms with Crippen molar-refractivity contribution in [2.75, 3.05) is 39.9 Å². The fraction of sp³-hybridized carbons (Fsp3) is 0.667. The van der Waals surface area contributed by atoms with E-state index >= 15 is 0 Å². The van der Waals surface area contributed by atoms with Gasteiger partial charge in [0.05, 0.1) is 13.2 Å². The van der Waals surface area contributed by atoms with E-state index in [1.807, 2.05) is 19.9 Å². The molecule has 1 saturated heterocycles. The first kappa shape index (κ1) is 17.1. The van der Waals surface area contributed by atoms with Gasteiger partial charge >= 0.3 is 0 Å². The number of rotatable bonds is 7. The average molecular weight is 306 g/mol. The molecule has 0 aliphatic carbocycles. The summed E-state index contributed by atoms with van der Waals surface area (Å²) in [7, 11) is 2.19. The molecule has 1 aliphatic heterocycles. The molecular weight excluding hydrogens is 276 g/mol. The lowest BCUT2D eigenvalue weighted by atomic mass is 9.80. The summed E-state index contributed by atoms with van der Waals surface area (Å²) in [6.45, 7) is 8.30. The summed E-state index contributed by atoms with van der Waals surface area (Å²) in [6.07, 6.45) is 2.44. The van der Waals surface area contributed by atoms with Gasteiger partial charge in [0, 0.05) is 0 Å². The van der Waals surface area contributed by atoms with E-state index in [2.05, 4.69) is 24.1 Å². The van der Waals surface area contributed by atoms with Crippen LogP contribution >= 0.6 is 0 Å². The summed E-state index contributed by atoms with van der Waals surface area (Å²) in [4.78, 5) is 2.40. The Labute approximate surface area is 134 Å². The van der Waals surface area contributed by atoms with E-state index in [1.165, 1.54) is 18.4 Å². The van der Waals surface area contributed by atoms with Crippen molar-refractivity contribution in [2.24, 2.45) is 11.7 Å². The molecule has 1 fully saturated rings. The van der Waals surface area contributed by atoms with Crippen LogP contribution in [0.2, 0.25) is 0 Å². The number of piperidine rings is 1. The van der Waals surface area contributed by atoms with Crippen molar-refractivity contribution in [1.29, 1.82) is 0 Å². The second-order valence-electron chi connectivity index (χ2n) is 6.06. The highest BCUT2D eigenvalue weighted by Crippen LogP contribution is 2.36. The van der Waals surface area contributed by atoms with Crippen LogP contribution in [-0.2, 0) is 0 Å². The normalized spacial score (nSPS) is 18.2. The van der Waals surface area contributed by atoms with Gasteiger partial charge in [-0.2, -0.15) is 0 Å². The zero-order valence-corrected chi connectivity index (χ0v) is 14.2. The third-order valence-electron chi connectivity index (χ3n) is 4.58. The Hall–Kier alpha value is -1.26. The Morgan fingerprint density at radius 1 is 1.14 bits per heavy atom. The van der Waals surface area contributed by atoms with Crippen molar-refractivity contribution in [2.45, 2.75) is 32.6 Å². The zero-order chi connectivity index (χ0) is 15.9. The zero-order valence-electron chi connectivity index (χ0n) is 14.2. The summed E-state index contributed by atoms with van der Waals surface area (Å²) in [5.41, 5.74) is 7.39.